The molecule has 0 aromatic carbocycles. The zero-order chi connectivity index (χ0) is 11.5. The first-order chi connectivity index (χ1) is 7.68. The van der Waals surface area contributed by atoms with Crippen LogP contribution in [0.1, 0.15) is 25.6 Å². The van der Waals surface area contributed by atoms with E-state index >= 15 is 0 Å². The zero-order valence-corrected chi connectivity index (χ0v) is 9.69. The SMILES string of the molecule is CC(C(=O)N[C@H](C)c1ccco1)C1CNC1. The summed E-state index contributed by atoms with van der Waals surface area (Å²) in [7, 11) is 0. The highest BCUT2D eigenvalue weighted by Crippen LogP contribution is 2.18. The van der Waals surface area contributed by atoms with E-state index in [4.69, 9.17) is 4.42 Å². The second-order valence-electron chi connectivity index (χ2n) is 4.45. The summed E-state index contributed by atoms with van der Waals surface area (Å²) in [4.78, 5) is 11.9. The van der Waals surface area contributed by atoms with Crippen molar-refractivity contribution >= 4 is 5.91 Å². The first kappa shape index (κ1) is 11.2. The molecule has 0 spiro atoms. The van der Waals surface area contributed by atoms with Gasteiger partial charge in [-0.3, -0.25) is 4.79 Å². The molecule has 2 N–H and O–H groups in total. The van der Waals surface area contributed by atoms with Gasteiger partial charge in [0.2, 0.25) is 5.91 Å². The second kappa shape index (κ2) is 4.70. The minimum Gasteiger partial charge on any atom is -0.467 e. The molecule has 1 aliphatic heterocycles. The molecule has 88 valence electrons. The molecule has 1 amide bonds. The van der Waals surface area contributed by atoms with Gasteiger partial charge in [0.15, 0.2) is 0 Å². The lowest BCUT2D eigenvalue weighted by Gasteiger charge is -2.32. The summed E-state index contributed by atoms with van der Waals surface area (Å²) in [5.74, 6) is 1.45. The molecule has 2 heterocycles. The molecular weight excluding hydrogens is 204 g/mol. The Bertz CT molecular complexity index is 344. The Labute approximate surface area is 95.4 Å². The number of hydrogen-bond donors (Lipinski definition) is 2. The van der Waals surface area contributed by atoms with E-state index in [0.717, 1.165) is 18.8 Å². The van der Waals surface area contributed by atoms with Gasteiger partial charge in [-0.15, -0.1) is 0 Å². The van der Waals surface area contributed by atoms with Crippen LogP contribution in [0.15, 0.2) is 22.8 Å². The molecule has 1 aromatic rings. The van der Waals surface area contributed by atoms with Crippen molar-refractivity contribution in [3.8, 4) is 0 Å². The fourth-order valence-corrected chi connectivity index (χ4v) is 1.83. The molecule has 1 fully saturated rings. The molecule has 1 aromatic heterocycles. The van der Waals surface area contributed by atoms with E-state index in [1.165, 1.54) is 0 Å². The number of hydrogen-bond acceptors (Lipinski definition) is 3. The summed E-state index contributed by atoms with van der Waals surface area (Å²) in [6.07, 6.45) is 1.62. The van der Waals surface area contributed by atoms with E-state index in [1.807, 2.05) is 26.0 Å². The Hall–Kier alpha value is -1.29. The van der Waals surface area contributed by atoms with Crippen molar-refractivity contribution < 1.29 is 9.21 Å². The molecule has 1 saturated heterocycles. The van der Waals surface area contributed by atoms with E-state index in [2.05, 4.69) is 10.6 Å². The van der Waals surface area contributed by atoms with Crippen molar-refractivity contribution in [3.05, 3.63) is 24.2 Å². The van der Waals surface area contributed by atoms with Gasteiger partial charge < -0.3 is 15.1 Å². The maximum absolute atomic E-state index is 11.9. The van der Waals surface area contributed by atoms with Crippen molar-refractivity contribution in [2.75, 3.05) is 13.1 Å². The molecule has 0 aliphatic carbocycles. The second-order valence-corrected chi connectivity index (χ2v) is 4.45. The third-order valence-electron chi connectivity index (χ3n) is 3.26. The molecule has 16 heavy (non-hydrogen) atoms. The normalized spacial score (nSPS) is 19.9. The minimum absolute atomic E-state index is 0.0574. The van der Waals surface area contributed by atoms with Crippen molar-refractivity contribution in [2.45, 2.75) is 19.9 Å². The number of rotatable bonds is 4. The molecule has 4 nitrogen and oxygen atoms in total. The molecule has 1 unspecified atom stereocenters. The van der Waals surface area contributed by atoms with Gasteiger partial charge in [0.05, 0.1) is 12.3 Å². The Morgan fingerprint density at radius 1 is 1.56 bits per heavy atom. The van der Waals surface area contributed by atoms with Crippen LogP contribution in [0.5, 0.6) is 0 Å². The number of carbonyl (C=O) groups is 1. The molecule has 2 atom stereocenters. The van der Waals surface area contributed by atoms with Gasteiger partial charge in [0.25, 0.3) is 0 Å². The average Bonchev–Trinajstić information content (AvgIpc) is 2.67. The van der Waals surface area contributed by atoms with E-state index in [1.54, 1.807) is 6.26 Å². The van der Waals surface area contributed by atoms with Crippen LogP contribution in [0.3, 0.4) is 0 Å². The van der Waals surface area contributed by atoms with Crippen LogP contribution in [0.4, 0.5) is 0 Å². The maximum atomic E-state index is 11.9. The number of amides is 1. The van der Waals surface area contributed by atoms with Gasteiger partial charge in [-0.1, -0.05) is 6.92 Å². The first-order valence-corrected chi connectivity index (χ1v) is 5.73. The van der Waals surface area contributed by atoms with Crippen LogP contribution in [0.25, 0.3) is 0 Å². The molecule has 1 aliphatic rings. The largest absolute Gasteiger partial charge is 0.467 e. The lowest BCUT2D eigenvalue weighted by atomic mass is 9.88. The highest BCUT2D eigenvalue weighted by atomic mass is 16.3. The third-order valence-corrected chi connectivity index (χ3v) is 3.26. The molecule has 0 bridgehead atoms. The van der Waals surface area contributed by atoms with Crippen LogP contribution in [0, 0.1) is 11.8 Å². The van der Waals surface area contributed by atoms with Crippen LogP contribution in [-0.2, 0) is 4.79 Å². The van der Waals surface area contributed by atoms with E-state index < -0.39 is 0 Å². The molecule has 4 heteroatoms. The number of nitrogens with one attached hydrogen (secondary N) is 2. The predicted molar refractivity (Wildman–Crippen MR) is 60.8 cm³/mol. The van der Waals surface area contributed by atoms with Gasteiger partial charge in [0, 0.05) is 5.92 Å². The Morgan fingerprint density at radius 3 is 2.81 bits per heavy atom. The van der Waals surface area contributed by atoms with Gasteiger partial charge in [0.1, 0.15) is 5.76 Å². The summed E-state index contributed by atoms with van der Waals surface area (Å²) >= 11 is 0. The number of furan rings is 1. The van der Waals surface area contributed by atoms with Gasteiger partial charge in [-0.05, 0) is 38.1 Å². The monoisotopic (exact) mass is 222 g/mol. The van der Waals surface area contributed by atoms with Crippen molar-refractivity contribution in [1.82, 2.24) is 10.6 Å². The quantitative estimate of drug-likeness (QED) is 0.807. The summed E-state index contributed by atoms with van der Waals surface area (Å²) in [6, 6.07) is 3.65. The Morgan fingerprint density at radius 2 is 2.31 bits per heavy atom. The van der Waals surface area contributed by atoms with Gasteiger partial charge >= 0.3 is 0 Å². The Balaban J connectivity index is 1.86. The van der Waals surface area contributed by atoms with Crippen molar-refractivity contribution in [1.29, 1.82) is 0 Å². The minimum atomic E-state index is -0.0574. The van der Waals surface area contributed by atoms with E-state index in [0.29, 0.717) is 5.92 Å². The molecule has 0 radical (unpaired) electrons. The van der Waals surface area contributed by atoms with E-state index in [-0.39, 0.29) is 17.9 Å². The highest BCUT2D eigenvalue weighted by molar-refractivity contribution is 5.79. The number of carbonyl (C=O) groups excluding carboxylic acids is 1. The van der Waals surface area contributed by atoms with Gasteiger partial charge in [-0.25, -0.2) is 0 Å². The Kier molecular flexibility index (Phi) is 3.29. The van der Waals surface area contributed by atoms with Crippen molar-refractivity contribution in [3.63, 3.8) is 0 Å². The van der Waals surface area contributed by atoms with Crippen molar-refractivity contribution in [2.24, 2.45) is 11.8 Å². The van der Waals surface area contributed by atoms with Crippen LogP contribution in [-0.4, -0.2) is 19.0 Å². The fourth-order valence-electron chi connectivity index (χ4n) is 1.83. The van der Waals surface area contributed by atoms with E-state index in [9.17, 15) is 4.79 Å². The molecule has 2 rings (SSSR count). The third kappa shape index (κ3) is 2.27. The summed E-state index contributed by atoms with van der Waals surface area (Å²) in [5, 5.41) is 6.15. The molecular formula is C12H18N2O2. The van der Waals surface area contributed by atoms with Crippen LogP contribution >= 0.6 is 0 Å². The topological polar surface area (TPSA) is 54.3 Å². The first-order valence-electron chi connectivity index (χ1n) is 5.73. The molecule has 0 saturated carbocycles. The lowest BCUT2D eigenvalue weighted by molar-refractivity contribution is -0.127. The fraction of sp³-hybridized carbons (Fsp3) is 0.583. The van der Waals surface area contributed by atoms with Crippen LogP contribution in [0.2, 0.25) is 0 Å². The van der Waals surface area contributed by atoms with Crippen LogP contribution < -0.4 is 10.6 Å². The summed E-state index contributed by atoms with van der Waals surface area (Å²) in [5.41, 5.74) is 0. The zero-order valence-electron chi connectivity index (χ0n) is 9.69. The average molecular weight is 222 g/mol. The predicted octanol–water partition coefficient (Wildman–Crippen LogP) is 1.31. The maximum Gasteiger partial charge on any atom is 0.223 e. The summed E-state index contributed by atoms with van der Waals surface area (Å²) < 4.78 is 5.25. The highest BCUT2D eigenvalue weighted by Gasteiger charge is 2.29. The summed E-state index contributed by atoms with van der Waals surface area (Å²) in [6.45, 7) is 5.81. The lowest BCUT2D eigenvalue weighted by Crippen LogP contribution is -2.49. The standard InChI is InChI=1S/C12H18N2O2/c1-8(10-6-13-7-10)12(15)14-9(2)11-4-3-5-16-11/h3-5,8-10,13H,6-7H2,1-2H3,(H,14,15)/t8?,9-/m1/s1. The van der Waals surface area contributed by atoms with Gasteiger partial charge in [-0.2, -0.15) is 0 Å². The smallest absolute Gasteiger partial charge is 0.223 e.